The number of aromatic hydroxyl groups is 8. The van der Waals surface area contributed by atoms with Crippen LogP contribution in [-0.4, -0.2) is 52.9 Å². The lowest BCUT2D eigenvalue weighted by Gasteiger charge is -2.35. The van der Waals surface area contributed by atoms with Crippen LogP contribution in [0.5, 0.6) is 51.7 Å². The van der Waals surface area contributed by atoms with Gasteiger partial charge in [0.15, 0.2) is 40.6 Å². The van der Waals surface area contributed by atoms with E-state index < -0.39 is 52.7 Å². The van der Waals surface area contributed by atoms with Crippen molar-refractivity contribution in [3.05, 3.63) is 88.5 Å². The predicted molar refractivity (Wildman–Crippen MR) is 144 cm³/mol. The van der Waals surface area contributed by atoms with Gasteiger partial charge in [0.05, 0.1) is 11.1 Å². The summed E-state index contributed by atoms with van der Waals surface area (Å²) < 4.78 is 11.8. The third-order valence-electron chi connectivity index (χ3n) is 6.59. The zero-order valence-corrected chi connectivity index (χ0v) is 21.1. The zero-order valence-electron chi connectivity index (χ0n) is 21.1. The van der Waals surface area contributed by atoms with Gasteiger partial charge in [-0.1, -0.05) is 36.4 Å². The molecule has 4 aromatic carbocycles. The van der Waals surface area contributed by atoms with Crippen LogP contribution < -0.4 is 4.74 Å². The zero-order chi connectivity index (χ0) is 29.4. The second-order valence-electron chi connectivity index (χ2n) is 9.34. The molecule has 2 unspecified atom stereocenters. The molecule has 0 saturated heterocycles. The third kappa shape index (κ3) is 5.15. The maximum absolute atomic E-state index is 13.0. The molecule has 0 aliphatic carbocycles. The molecule has 1 aliphatic heterocycles. The van der Waals surface area contributed by atoms with Gasteiger partial charge in [0.2, 0.25) is 0 Å². The highest BCUT2D eigenvalue weighted by molar-refractivity contribution is 5.91. The van der Waals surface area contributed by atoms with Crippen LogP contribution in [0.3, 0.4) is 0 Å². The molecule has 1 heterocycles. The Kier molecular flexibility index (Phi) is 6.85. The first kappa shape index (κ1) is 26.9. The monoisotopic (exact) mass is 560 g/mol. The minimum absolute atomic E-state index is 0.0407. The molecule has 0 aromatic heterocycles. The summed E-state index contributed by atoms with van der Waals surface area (Å²) in [6.07, 6.45) is 0.604. The summed E-state index contributed by atoms with van der Waals surface area (Å²) in [5, 5.41) is 80.8. The van der Waals surface area contributed by atoms with Crippen molar-refractivity contribution in [2.24, 2.45) is 0 Å². The fraction of sp³-hybridized carbons (Fsp3) is 0.100. The Labute approximate surface area is 232 Å². The summed E-state index contributed by atoms with van der Waals surface area (Å²) in [6, 6.07) is 14.2. The number of benzene rings is 4. The molecule has 11 nitrogen and oxygen atoms in total. The van der Waals surface area contributed by atoms with Gasteiger partial charge in [-0.25, -0.2) is 4.79 Å². The number of hydrogen-bond acceptors (Lipinski definition) is 11. The lowest BCUT2D eigenvalue weighted by Crippen LogP contribution is -2.35. The Morgan fingerprint density at radius 2 is 1.32 bits per heavy atom. The van der Waals surface area contributed by atoms with E-state index in [2.05, 4.69) is 0 Å². The van der Waals surface area contributed by atoms with E-state index >= 15 is 0 Å². The Hall–Kier alpha value is -5.71. The summed E-state index contributed by atoms with van der Waals surface area (Å²) >= 11 is 0. The fourth-order valence-electron chi connectivity index (χ4n) is 4.54. The highest BCUT2D eigenvalue weighted by Crippen LogP contribution is 2.48. The van der Waals surface area contributed by atoms with Gasteiger partial charge in [-0.05, 0) is 35.9 Å². The number of phenols is 8. The van der Waals surface area contributed by atoms with Crippen molar-refractivity contribution in [1.82, 2.24) is 0 Å². The largest absolute Gasteiger partial charge is 0.507 e. The van der Waals surface area contributed by atoms with Crippen LogP contribution in [0.15, 0.2) is 60.7 Å². The van der Waals surface area contributed by atoms with E-state index in [1.807, 2.05) is 30.3 Å². The van der Waals surface area contributed by atoms with Crippen LogP contribution in [0.25, 0.3) is 12.2 Å². The number of phenolic OH excluding ortho intramolecular Hbond substituents is 8. The molecule has 5 rings (SSSR count). The molecule has 4 aromatic rings. The van der Waals surface area contributed by atoms with Crippen molar-refractivity contribution in [3.8, 4) is 51.7 Å². The molecule has 0 bridgehead atoms. The standard InChI is InChI=1S/C30H24O11/c31-19-13-20(32)18-12-25(40-30(39)16-10-23(35)27(38)24(36)11-16)28(15-8-21(33)26(37)22(34)9-15)41-29(18)17(19)7-6-14-4-2-1-3-5-14/h1-11,13,25,28,31-38H,12H2/b7-6+. The molecule has 2 atom stereocenters. The van der Waals surface area contributed by atoms with E-state index in [1.165, 1.54) is 0 Å². The first-order valence-corrected chi connectivity index (χ1v) is 12.2. The average molecular weight is 561 g/mol. The molecule has 1 aliphatic rings. The average Bonchev–Trinajstić information content (AvgIpc) is 2.94. The highest BCUT2D eigenvalue weighted by Gasteiger charge is 2.38. The van der Waals surface area contributed by atoms with E-state index in [1.54, 1.807) is 12.2 Å². The van der Waals surface area contributed by atoms with E-state index in [-0.39, 0.29) is 45.9 Å². The van der Waals surface area contributed by atoms with Gasteiger partial charge in [0.1, 0.15) is 23.4 Å². The number of carbonyl (C=O) groups is 1. The maximum atomic E-state index is 13.0. The van der Waals surface area contributed by atoms with Gasteiger partial charge in [-0.15, -0.1) is 0 Å². The lowest BCUT2D eigenvalue weighted by molar-refractivity contribution is -0.0190. The molecule has 0 saturated carbocycles. The first-order valence-electron chi connectivity index (χ1n) is 12.2. The summed E-state index contributed by atoms with van der Waals surface area (Å²) in [6.45, 7) is 0. The number of hydrogen-bond donors (Lipinski definition) is 8. The fourth-order valence-corrected chi connectivity index (χ4v) is 4.54. The minimum Gasteiger partial charge on any atom is -0.507 e. The van der Waals surface area contributed by atoms with E-state index in [9.17, 15) is 45.6 Å². The van der Waals surface area contributed by atoms with Crippen LogP contribution in [0.4, 0.5) is 0 Å². The quantitative estimate of drug-likeness (QED) is 0.0978. The summed E-state index contributed by atoms with van der Waals surface area (Å²) in [5.74, 6) is -6.19. The molecule has 11 heteroatoms. The summed E-state index contributed by atoms with van der Waals surface area (Å²) in [7, 11) is 0. The van der Waals surface area contributed by atoms with Crippen molar-refractivity contribution in [2.45, 2.75) is 18.6 Å². The Morgan fingerprint density at radius 1 is 0.732 bits per heavy atom. The van der Waals surface area contributed by atoms with E-state index in [0.717, 1.165) is 35.9 Å². The first-order chi connectivity index (χ1) is 19.5. The van der Waals surface area contributed by atoms with Crippen LogP contribution in [0.2, 0.25) is 0 Å². The third-order valence-corrected chi connectivity index (χ3v) is 6.59. The summed E-state index contributed by atoms with van der Waals surface area (Å²) in [4.78, 5) is 13.0. The predicted octanol–water partition coefficient (Wildman–Crippen LogP) is 4.40. The van der Waals surface area contributed by atoms with Crippen LogP contribution in [-0.2, 0) is 11.2 Å². The van der Waals surface area contributed by atoms with Gasteiger partial charge in [-0.3, -0.25) is 0 Å². The van der Waals surface area contributed by atoms with Crippen LogP contribution >= 0.6 is 0 Å². The van der Waals surface area contributed by atoms with Crippen molar-refractivity contribution >= 4 is 18.1 Å². The second-order valence-corrected chi connectivity index (χ2v) is 9.34. The molecule has 0 fully saturated rings. The van der Waals surface area contributed by atoms with Gasteiger partial charge >= 0.3 is 5.97 Å². The lowest BCUT2D eigenvalue weighted by atomic mass is 9.91. The maximum Gasteiger partial charge on any atom is 0.338 e. The van der Waals surface area contributed by atoms with Gasteiger partial charge in [0.25, 0.3) is 0 Å². The topological polar surface area (TPSA) is 197 Å². The van der Waals surface area contributed by atoms with Gasteiger partial charge < -0.3 is 50.3 Å². The number of ether oxygens (including phenoxy) is 2. The molecular weight excluding hydrogens is 536 g/mol. The highest BCUT2D eigenvalue weighted by atomic mass is 16.6. The van der Waals surface area contributed by atoms with Crippen molar-refractivity contribution in [2.75, 3.05) is 0 Å². The Morgan fingerprint density at radius 3 is 1.93 bits per heavy atom. The van der Waals surface area contributed by atoms with Crippen molar-refractivity contribution in [3.63, 3.8) is 0 Å². The van der Waals surface area contributed by atoms with E-state index in [0.29, 0.717) is 0 Å². The van der Waals surface area contributed by atoms with Gasteiger partial charge in [-0.2, -0.15) is 0 Å². The number of rotatable bonds is 5. The molecule has 0 amide bonds. The molecule has 41 heavy (non-hydrogen) atoms. The molecule has 0 radical (unpaired) electrons. The van der Waals surface area contributed by atoms with E-state index in [4.69, 9.17) is 9.47 Å². The van der Waals surface area contributed by atoms with Crippen molar-refractivity contribution in [1.29, 1.82) is 0 Å². The SMILES string of the molecule is O=C(OC1Cc2c(O)cc(O)c(/C=C/c3ccccc3)c2OC1c1cc(O)c(O)c(O)c1)c1cc(O)c(O)c(O)c1. The number of carbonyl (C=O) groups excluding carboxylic acids is 1. The Bertz CT molecular complexity index is 1630. The number of esters is 1. The normalized spacial score (nSPS) is 16.2. The Balaban J connectivity index is 1.59. The van der Waals surface area contributed by atoms with Gasteiger partial charge in [0, 0.05) is 23.6 Å². The van der Waals surface area contributed by atoms with Crippen LogP contribution in [0.1, 0.15) is 38.7 Å². The summed E-state index contributed by atoms with van der Waals surface area (Å²) in [5.41, 5.74) is 0.922. The smallest absolute Gasteiger partial charge is 0.338 e. The van der Waals surface area contributed by atoms with Crippen LogP contribution in [0, 0.1) is 0 Å². The van der Waals surface area contributed by atoms with Crippen molar-refractivity contribution < 1.29 is 55.1 Å². The molecule has 8 N–H and O–H groups in total. The molecular formula is C30H24O11. The second kappa shape index (κ2) is 10.5. The molecule has 0 spiro atoms. The minimum atomic E-state index is -1.26. The number of fused-ring (bicyclic) bond motifs is 1. The molecule has 210 valence electrons.